The van der Waals surface area contributed by atoms with Crippen LogP contribution < -0.4 is 4.74 Å². The van der Waals surface area contributed by atoms with Gasteiger partial charge in [-0.2, -0.15) is 5.10 Å². The number of halogens is 1. The lowest BCUT2D eigenvalue weighted by Gasteiger charge is -2.41. The van der Waals surface area contributed by atoms with E-state index in [4.69, 9.17) is 4.74 Å². The molecule has 1 fully saturated rings. The SMILES string of the molecule is CCOc1ccc(CN2CCN(Cc3cn[nH]c3-c3cccc(F)c3)C[C@@H]2CCO)cc1. The minimum absolute atomic E-state index is 0.165. The zero-order valence-electron chi connectivity index (χ0n) is 18.5. The van der Waals surface area contributed by atoms with Gasteiger partial charge in [0.2, 0.25) is 0 Å². The van der Waals surface area contributed by atoms with Gasteiger partial charge in [-0.1, -0.05) is 24.3 Å². The fourth-order valence-corrected chi connectivity index (χ4v) is 4.39. The summed E-state index contributed by atoms with van der Waals surface area (Å²) in [6.07, 6.45) is 2.56. The molecule has 3 aromatic rings. The van der Waals surface area contributed by atoms with E-state index in [0.717, 1.165) is 61.7 Å². The van der Waals surface area contributed by atoms with Crippen molar-refractivity contribution in [2.45, 2.75) is 32.5 Å². The average molecular weight is 439 g/mol. The topological polar surface area (TPSA) is 64.6 Å². The molecular weight excluding hydrogens is 407 g/mol. The molecule has 1 aromatic heterocycles. The normalized spacial score (nSPS) is 17.5. The first-order valence-corrected chi connectivity index (χ1v) is 11.2. The third-order valence-electron chi connectivity index (χ3n) is 6.00. The lowest BCUT2D eigenvalue weighted by Crippen LogP contribution is -2.52. The molecule has 1 aliphatic rings. The van der Waals surface area contributed by atoms with Crippen molar-refractivity contribution < 1.29 is 14.2 Å². The molecule has 2 N–H and O–H groups in total. The van der Waals surface area contributed by atoms with Gasteiger partial charge in [0.25, 0.3) is 0 Å². The van der Waals surface area contributed by atoms with Gasteiger partial charge in [-0.05, 0) is 43.2 Å². The molecule has 1 atom stereocenters. The number of aromatic amines is 1. The monoisotopic (exact) mass is 438 g/mol. The van der Waals surface area contributed by atoms with E-state index < -0.39 is 0 Å². The number of ether oxygens (including phenoxy) is 1. The zero-order chi connectivity index (χ0) is 22.3. The summed E-state index contributed by atoms with van der Waals surface area (Å²) in [5.41, 5.74) is 3.96. The molecule has 0 amide bonds. The second-order valence-electron chi connectivity index (χ2n) is 8.23. The maximum atomic E-state index is 13.7. The number of hydrogen-bond acceptors (Lipinski definition) is 5. The minimum atomic E-state index is -0.256. The van der Waals surface area contributed by atoms with Crippen molar-refractivity contribution in [3.8, 4) is 17.0 Å². The largest absolute Gasteiger partial charge is 0.494 e. The molecule has 4 rings (SSSR count). The zero-order valence-corrected chi connectivity index (χ0v) is 18.5. The Hall–Kier alpha value is -2.74. The molecule has 1 saturated heterocycles. The van der Waals surface area contributed by atoms with E-state index in [0.29, 0.717) is 6.61 Å². The second kappa shape index (κ2) is 10.7. The Balaban J connectivity index is 1.41. The van der Waals surface area contributed by atoms with Gasteiger partial charge >= 0.3 is 0 Å². The summed E-state index contributed by atoms with van der Waals surface area (Å²) in [6.45, 7) is 7.11. The number of nitrogens with zero attached hydrogens (tertiary/aromatic N) is 3. The minimum Gasteiger partial charge on any atom is -0.494 e. The lowest BCUT2D eigenvalue weighted by molar-refractivity contribution is 0.0500. The number of benzene rings is 2. The van der Waals surface area contributed by atoms with E-state index in [1.807, 2.05) is 31.3 Å². The Bertz CT molecular complexity index is 992. The van der Waals surface area contributed by atoms with Crippen molar-refractivity contribution in [1.82, 2.24) is 20.0 Å². The molecule has 0 radical (unpaired) electrons. The van der Waals surface area contributed by atoms with Crippen molar-refractivity contribution in [3.05, 3.63) is 71.7 Å². The van der Waals surface area contributed by atoms with Gasteiger partial charge in [-0.3, -0.25) is 14.9 Å². The van der Waals surface area contributed by atoms with Crippen LogP contribution in [0.3, 0.4) is 0 Å². The third-order valence-corrected chi connectivity index (χ3v) is 6.00. The number of aromatic nitrogens is 2. The van der Waals surface area contributed by atoms with Crippen LogP contribution in [-0.2, 0) is 13.1 Å². The lowest BCUT2D eigenvalue weighted by atomic mass is 10.0. The Labute approximate surface area is 188 Å². The fraction of sp³-hybridized carbons (Fsp3) is 0.400. The maximum Gasteiger partial charge on any atom is 0.123 e. The highest BCUT2D eigenvalue weighted by Gasteiger charge is 2.27. The number of nitrogens with one attached hydrogen (secondary N) is 1. The predicted molar refractivity (Wildman–Crippen MR) is 123 cm³/mol. The van der Waals surface area contributed by atoms with Gasteiger partial charge in [0.05, 0.1) is 18.5 Å². The van der Waals surface area contributed by atoms with Gasteiger partial charge in [-0.15, -0.1) is 0 Å². The van der Waals surface area contributed by atoms with Crippen LogP contribution in [0.2, 0.25) is 0 Å². The first-order chi connectivity index (χ1) is 15.7. The molecule has 0 saturated carbocycles. The number of piperazine rings is 1. The first kappa shape index (κ1) is 22.5. The summed E-state index contributed by atoms with van der Waals surface area (Å²) >= 11 is 0. The molecule has 0 unspecified atom stereocenters. The molecular formula is C25H31FN4O2. The summed E-state index contributed by atoms with van der Waals surface area (Å²) in [6, 6.07) is 15.1. The third kappa shape index (κ3) is 5.54. The van der Waals surface area contributed by atoms with Gasteiger partial charge in [-0.25, -0.2) is 4.39 Å². The van der Waals surface area contributed by atoms with Crippen LogP contribution in [0.5, 0.6) is 5.75 Å². The van der Waals surface area contributed by atoms with Gasteiger partial charge < -0.3 is 9.84 Å². The summed E-state index contributed by atoms with van der Waals surface area (Å²) in [5.74, 6) is 0.635. The molecule has 0 spiro atoms. The number of hydrogen-bond donors (Lipinski definition) is 2. The molecule has 170 valence electrons. The van der Waals surface area contributed by atoms with Crippen molar-refractivity contribution in [2.75, 3.05) is 32.8 Å². The second-order valence-corrected chi connectivity index (χ2v) is 8.23. The molecule has 0 bridgehead atoms. The Kier molecular flexibility index (Phi) is 7.52. The molecule has 0 aliphatic carbocycles. The molecule has 6 nitrogen and oxygen atoms in total. The van der Waals surface area contributed by atoms with Crippen LogP contribution in [0.1, 0.15) is 24.5 Å². The maximum absolute atomic E-state index is 13.7. The fourth-order valence-electron chi connectivity index (χ4n) is 4.39. The van der Waals surface area contributed by atoms with Crippen LogP contribution in [0.4, 0.5) is 4.39 Å². The van der Waals surface area contributed by atoms with Crippen LogP contribution in [-0.4, -0.2) is 64.0 Å². The summed E-state index contributed by atoms with van der Waals surface area (Å²) < 4.78 is 19.2. The number of H-pyrrole nitrogens is 1. The van der Waals surface area contributed by atoms with Crippen LogP contribution in [0.15, 0.2) is 54.7 Å². The van der Waals surface area contributed by atoms with E-state index in [2.05, 4.69) is 32.1 Å². The van der Waals surface area contributed by atoms with Crippen molar-refractivity contribution in [2.24, 2.45) is 0 Å². The summed E-state index contributed by atoms with van der Waals surface area (Å²) in [5, 5.41) is 16.9. The van der Waals surface area contributed by atoms with Crippen LogP contribution in [0, 0.1) is 5.82 Å². The van der Waals surface area contributed by atoms with Gasteiger partial charge in [0.1, 0.15) is 11.6 Å². The number of aliphatic hydroxyl groups is 1. The van der Waals surface area contributed by atoms with Crippen LogP contribution in [0.25, 0.3) is 11.3 Å². The number of rotatable bonds is 9. The first-order valence-electron chi connectivity index (χ1n) is 11.2. The highest BCUT2D eigenvalue weighted by atomic mass is 19.1. The summed E-state index contributed by atoms with van der Waals surface area (Å²) in [7, 11) is 0. The highest BCUT2D eigenvalue weighted by molar-refractivity contribution is 5.62. The van der Waals surface area contributed by atoms with E-state index in [1.165, 1.54) is 17.7 Å². The standard InChI is InChI=1S/C25H31FN4O2/c1-2-32-24-8-6-19(7-9-24)16-30-12-11-29(18-23(30)10-13-31)17-21-15-27-28-25(21)20-4-3-5-22(26)14-20/h3-9,14-15,23,31H,2,10-13,16-18H2,1H3,(H,27,28)/t23-/m0/s1. The highest BCUT2D eigenvalue weighted by Crippen LogP contribution is 2.25. The Morgan fingerprint density at radius 2 is 2.00 bits per heavy atom. The predicted octanol–water partition coefficient (Wildman–Crippen LogP) is 3.68. The van der Waals surface area contributed by atoms with Crippen molar-refractivity contribution in [1.29, 1.82) is 0 Å². The van der Waals surface area contributed by atoms with E-state index in [9.17, 15) is 9.50 Å². The molecule has 2 aromatic carbocycles. The molecule has 2 heterocycles. The smallest absolute Gasteiger partial charge is 0.123 e. The Morgan fingerprint density at radius 3 is 2.75 bits per heavy atom. The van der Waals surface area contributed by atoms with E-state index >= 15 is 0 Å². The molecule has 1 aliphatic heterocycles. The van der Waals surface area contributed by atoms with E-state index in [-0.39, 0.29) is 18.5 Å². The van der Waals surface area contributed by atoms with Crippen molar-refractivity contribution in [3.63, 3.8) is 0 Å². The van der Waals surface area contributed by atoms with Gasteiger partial charge in [0, 0.05) is 56.5 Å². The Morgan fingerprint density at radius 1 is 1.16 bits per heavy atom. The van der Waals surface area contributed by atoms with E-state index in [1.54, 1.807) is 6.07 Å². The summed E-state index contributed by atoms with van der Waals surface area (Å²) in [4.78, 5) is 4.84. The van der Waals surface area contributed by atoms with Gasteiger partial charge in [0.15, 0.2) is 0 Å². The molecule has 32 heavy (non-hydrogen) atoms. The molecule has 7 heteroatoms. The van der Waals surface area contributed by atoms with Crippen molar-refractivity contribution >= 4 is 0 Å². The quantitative estimate of drug-likeness (QED) is 0.534. The van der Waals surface area contributed by atoms with Crippen LogP contribution >= 0.6 is 0 Å². The average Bonchev–Trinajstić information content (AvgIpc) is 3.25. The number of aliphatic hydroxyl groups excluding tert-OH is 1.